The van der Waals surface area contributed by atoms with Gasteiger partial charge in [0.15, 0.2) is 0 Å². The second kappa shape index (κ2) is 9.12. The summed E-state index contributed by atoms with van der Waals surface area (Å²) in [5, 5.41) is 2.19. The van der Waals surface area contributed by atoms with Crippen molar-refractivity contribution in [3.05, 3.63) is 65.3 Å². The van der Waals surface area contributed by atoms with Crippen molar-refractivity contribution in [2.45, 2.75) is 25.7 Å². The molecule has 4 aromatic rings. The van der Waals surface area contributed by atoms with Crippen molar-refractivity contribution in [3.63, 3.8) is 0 Å². The fraction of sp³-hybridized carbons (Fsp3) is 0.320. The minimum absolute atomic E-state index is 0.123. The van der Waals surface area contributed by atoms with E-state index in [4.69, 9.17) is 0 Å². The third-order valence-electron chi connectivity index (χ3n) is 6.12. The van der Waals surface area contributed by atoms with E-state index in [1.54, 1.807) is 11.3 Å². The Morgan fingerprint density at radius 3 is 2.47 bits per heavy atom. The van der Waals surface area contributed by atoms with Crippen molar-refractivity contribution in [1.29, 1.82) is 0 Å². The van der Waals surface area contributed by atoms with Gasteiger partial charge in [-0.1, -0.05) is 30.3 Å². The van der Waals surface area contributed by atoms with Crippen LogP contribution in [0.2, 0.25) is 0 Å². The SMILES string of the molecule is O=C(CCCc1nc2ccccc2s1)N1CCN(C(=O)Cc2c[nH]c3ccccc23)CC1. The molecule has 2 aromatic heterocycles. The summed E-state index contributed by atoms with van der Waals surface area (Å²) < 4.78 is 1.20. The number of para-hydroxylation sites is 2. The first-order valence-electron chi connectivity index (χ1n) is 11.1. The van der Waals surface area contributed by atoms with Crippen LogP contribution in [0.25, 0.3) is 21.1 Å². The van der Waals surface area contributed by atoms with Crippen LogP contribution in [0.4, 0.5) is 0 Å². The third-order valence-corrected chi connectivity index (χ3v) is 7.22. The van der Waals surface area contributed by atoms with Crippen LogP contribution in [0.5, 0.6) is 0 Å². The van der Waals surface area contributed by atoms with E-state index in [-0.39, 0.29) is 11.8 Å². The standard InChI is InChI=1S/C25H26N4O2S/c30-24(11-5-10-23-27-21-8-3-4-9-22(21)32-23)28-12-14-29(15-13-28)25(31)16-18-17-26-20-7-2-1-6-19(18)20/h1-4,6-9,17,26H,5,10-16H2. The minimum atomic E-state index is 0.123. The number of benzene rings is 2. The molecule has 32 heavy (non-hydrogen) atoms. The molecule has 7 heteroatoms. The zero-order chi connectivity index (χ0) is 21.9. The lowest BCUT2D eigenvalue weighted by Crippen LogP contribution is -2.51. The summed E-state index contributed by atoms with van der Waals surface area (Å²) in [6.07, 6.45) is 4.47. The number of carbonyl (C=O) groups excluding carboxylic acids is 2. The maximum absolute atomic E-state index is 12.8. The molecule has 2 aromatic carbocycles. The van der Waals surface area contributed by atoms with E-state index in [1.165, 1.54) is 4.70 Å². The summed E-state index contributed by atoms with van der Waals surface area (Å²) in [5.41, 5.74) is 3.11. The molecule has 3 heterocycles. The molecule has 1 N–H and O–H groups in total. The highest BCUT2D eigenvalue weighted by molar-refractivity contribution is 7.18. The quantitative estimate of drug-likeness (QED) is 0.486. The molecule has 6 nitrogen and oxygen atoms in total. The van der Waals surface area contributed by atoms with E-state index in [0.717, 1.165) is 39.8 Å². The van der Waals surface area contributed by atoms with Crippen molar-refractivity contribution < 1.29 is 9.59 Å². The topological polar surface area (TPSA) is 69.3 Å². The van der Waals surface area contributed by atoms with Gasteiger partial charge in [0.25, 0.3) is 0 Å². The molecule has 0 radical (unpaired) electrons. The number of carbonyl (C=O) groups is 2. The molecule has 0 spiro atoms. The molecule has 0 unspecified atom stereocenters. The number of amides is 2. The molecule has 1 aliphatic heterocycles. The van der Waals surface area contributed by atoms with Gasteiger partial charge in [0.05, 0.1) is 21.6 Å². The minimum Gasteiger partial charge on any atom is -0.361 e. The Balaban J connectivity index is 1.08. The summed E-state index contributed by atoms with van der Waals surface area (Å²) in [5.74, 6) is 0.299. The van der Waals surface area contributed by atoms with Crippen LogP contribution in [-0.2, 0) is 22.4 Å². The molecule has 2 amide bonds. The average molecular weight is 447 g/mol. The molecule has 1 aliphatic rings. The van der Waals surface area contributed by atoms with Crippen LogP contribution in [0.15, 0.2) is 54.7 Å². The smallest absolute Gasteiger partial charge is 0.227 e. The highest BCUT2D eigenvalue weighted by Crippen LogP contribution is 2.23. The van der Waals surface area contributed by atoms with Crippen LogP contribution < -0.4 is 0 Å². The molecule has 0 atom stereocenters. The summed E-state index contributed by atoms with van der Waals surface area (Å²) >= 11 is 1.71. The number of aromatic amines is 1. The number of thiazole rings is 1. The normalized spacial score (nSPS) is 14.4. The largest absolute Gasteiger partial charge is 0.361 e. The number of nitrogens with zero attached hydrogens (tertiary/aromatic N) is 3. The second-order valence-electron chi connectivity index (χ2n) is 8.23. The summed E-state index contributed by atoms with van der Waals surface area (Å²) in [7, 11) is 0. The maximum atomic E-state index is 12.8. The summed E-state index contributed by atoms with van der Waals surface area (Å²) in [6.45, 7) is 2.43. The Labute approximate surface area is 190 Å². The van der Waals surface area contributed by atoms with E-state index in [1.807, 2.05) is 58.5 Å². The summed E-state index contributed by atoms with van der Waals surface area (Å²) in [6, 6.07) is 16.2. The van der Waals surface area contributed by atoms with Gasteiger partial charge in [0, 0.05) is 49.7 Å². The van der Waals surface area contributed by atoms with Crippen molar-refractivity contribution in [2.24, 2.45) is 0 Å². The van der Waals surface area contributed by atoms with E-state index in [2.05, 4.69) is 16.0 Å². The number of aromatic nitrogens is 2. The Kier molecular flexibility index (Phi) is 5.90. The Bertz CT molecular complexity index is 1220. The maximum Gasteiger partial charge on any atom is 0.227 e. The monoisotopic (exact) mass is 446 g/mol. The number of rotatable bonds is 6. The van der Waals surface area contributed by atoms with Gasteiger partial charge in [-0.2, -0.15) is 0 Å². The van der Waals surface area contributed by atoms with Gasteiger partial charge < -0.3 is 14.8 Å². The van der Waals surface area contributed by atoms with Gasteiger partial charge in [-0.25, -0.2) is 4.98 Å². The molecule has 1 saturated heterocycles. The molecule has 164 valence electrons. The predicted octanol–water partition coefficient (Wildman–Crippen LogP) is 4.01. The van der Waals surface area contributed by atoms with Crippen molar-refractivity contribution in [2.75, 3.05) is 26.2 Å². The third kappa shape index (κ3) is 4.39. The lowest BCUT2D eigenvalue weighted by Gasteiger charge is -2.35. The van der Waals surface area contributed by atoms with Crippen molar-refractivity contribution >= 4 is 44.3 Å². The molecular formula is C25H26N4O2S. The molecule has 0 bridgehead atoms. The average Bonchev–Trinajstić information content (AvgIpc) is 3.43. The molecule has 0 saturated carbocycles. The van der Waals surface area contributed by atoms with Crippen LogP contribution >= 0.6 is 11.3 Å². The first-order valence-corrected chi connectivity index (χ1v) is 11.9. The predicted molar refractivity (Wildman–Crippen MR) is 128 cm³/mol. The van der Waals surface area contributed by atoms with Gasteiger partial charge in [0.1, 0.15) is 0 Å². The first kappa shape index (κ1) is 20.7. The van der Waals surface area contributed by atoms with E-state index in [0.29, 0.717) is 39.0 Å². The Morgan fingerprint density at radius 1 is 0.938 bits per heavy atom. The van der Waals surface area contributed by atoms with Crippen LogP contribution in [0.3, 0.4) is 0 Å². The van der Waals surface area contributed by atoms with Crippen LogP contribution in [0, 0.1) is 0 Å². The van der Waals surface area contributed by atoms with Gasteiger partial charge in [0.2, 0.25) is 11.8 Å². The lowest BCUT2D eigenvalue weighted by atomic mass is 10.1. The number of fused-ring (bicyclic) bond motifs is 2. The molecule has 0 aliphatic carbocycles. The molecule has 1 fully saturated rings. The van der Waals surface area contributed by atoms with E-state index in [9.17, 15) is 9.59 Å². The van der Waals surface area contributed by atoms with E-state index >= 15 is 0 Å². The second-order valence-corrected chi connectivity index (χ2v) is 9.34. The van der Waals surface area contributed by atoms with Gasteiger partial charge in [-0.15, -0.1) is 11.3 Å². The van der Waals surface area contributed by atoms with Gasteiger partial charge >= 0.3 is 0 Å². The Morgan fingerprint density at radius 2 is 1.66 bits per heavy atom. The lowest BCUT2D eigenvalue weighted by molar-refractivity contribution is -0.139. The van der Waals surface area contributed by atoms with E-state index < -0.39 is 0 Å². The number of hydrogen-bond donors (Lipinski definition) is 1. The number of aryl methyl sites for hydroxylation is 1. The molecular weight excluding hydrogens is 420 g/mol. The fourth-order valence-electron chi connectivity index (χ4n) is 4.33. The van der Waals surface area contributed by atoms with Crippen molar-refractivity contribution in [1.82, 2.24) is 19.8 Å². The zero-order valence-electron chi connectivity index (χ0n) is 17.9. The van der Waals surface area contributed by atoms with Gasteiger partial charge in [-0.05, 0) is 36.6 Å². The Hall–Kier alpha value is -3.19. The number of nitrogens with one attached hydrogen (secondary N) is 1. The van der Waals surface area contributed by atoms with Crippen LogP contribution in [0.1, 0.15) is 23.4 Å². The fourth-order valence-corrected chi connectivity index (χ4v) is 5.34. The zero-order valence-corrected chi connectivity index (χ0v) is 18.7. The van der Waals surface area contributed by atoms with Gasteiger partial charge in [-0.3, -0.25) is 9.59 Å². The van der Waals surface area contributed by atoms with Crippen molar-refractivity contribution in [3.8, 4) is 0 Å². The molecule has 5 rings (SSSR count). The number of piperazine rings is 1. The highest BCUT2D eigenvalue weighted by Gasteiger charge is 2.24. The van der Waals surface area contributed by atoms with Crippen LogP contribution in [-0.4, -0.2) is 57.8 Å². The number of hydrogen-bond acceptors (Lipinski definition) is 4. The highest BCUT2D eigenvalue weighted by atomic mass is 32.1. The number of H-pyrrole nitrogens is 1. The first-order chi connectivity index (χ1) is 15.7. The summed E-state index contributed by atoms with van der Waals surface area (Å²) in [4.78, 5) is 37.1.